The fourth-order valence-electron chi connectivity index (χ4n) is 12.3. The van der Waals surface area contributed by atoms with E-state index in [4.69, 9.17) is 37.0 Å². The van der Waals surface area contributed by atoms with E-state index >= 15 is 0 Å². The number of aliphatic hydroxyl groups is 1. The number of esters is 4. The molecule has 5 atom stereocenters. The Morgan fingerprint density at radius 2 is 0.465 bits per heavy atom. The molecule has 0 radical (unpaired) electrons. The molecular weight excluding hydrogens is 1290 g/mol. The highest BCUT2D eigenvalue weighted by Gasteiger charge is 2.30. The lowest BCUT2D eigenvalue weighted by Crippen LogP contribution is -2.30. The summed E-state index contributed by atoms with van der Waals surface area (Å²) in [6.07, 6.45) is 58.5. The van der Waals surface area contributed by atoms with E-state index in [1.807, 2.05) is 0 Å². The van der Waals surface area contributed by atoms with Gasteiger partial charge in [0.15, 0.2) is 12.2 Å². The van der Waals surface area contributed by atoms with Crippen LogP contribution in [-0.2, 0) is 65.4 Å². The van der Waals surface area contributed by atoms with Crippen molar-refractivity contribution >= 4 is 39.5 Å². The van der Waals surface area contributed by atoms with Crippen LogP contribution in [0.2, 0.25) is 0 Å². The second-order valence-electron chi connectivity index (χ2n) is 30.2. The minimum atomic E-state index is -4.96. The number of carbonyl (C=O) groups excluding carboxylic acids is 4. The molecule has 3 N–H and O–H groups in total. The number of phosphoric ester groups is 2. The second-order valence-corrected chi connectivity index (χ2v) is 33.1. The summed E-state index contributed by atoms with van der Waals surface area (Å²) in [6, 6.07) is 0. The number of ether oxygens (including phenoxy) is 4. The molecule has 0 amide bonds. The van der Waals surface area contributed by atoms with Crippen LogP contribution in [0.4, 0.5) is 0 Å². The standard InChI is InChI=1S/C80H156O17P2/c1-8-9-10-11-12-13-14-15-16-17-18-19-20-21-22-23-24-27-33-42-49-56-63-79(84)96-75(67-90-77(82)61-54-47-40-32-28-25-26-30-37-44-51-58-71(2)3)69-94-98(86,87)92-65-74(81)66-93-99(88,89)95-70-76(68-91-78(83)62-55-48-41-36-35-39-46-53-60-73(6)7)97-80(85)64-57-50-43-34-29-31-38-45-52-59-72(4)5/h71-76,81H,8-70H2,1-7H3,(H,86,87)(H,88,89)/t74-,75-,76-/m1/s1. The van der Waals surface area contributed by atoms with E-state index in [9.17, 15) is 43.2 Å². The molecule has 0 rings (SSSR count). The topological polar surface area (TPSA) is 237 Å². The van der Waals surface area contributed by atoms with E-state index in [1.54, 1.807) is 0 Å². The van der Waals surface area contributed by atoms with Gasteiger partial charge in [-0.1, -0.05) is 363 Å². The number of rotatable bonds is 78. The predicted octanol–water partition coefficient (Wildman–Crippen LogP) is 23.7. The van der Waals surface area contributed by atoms with Crippen molar-refractivity contribution in [2.45, 2.75) is 433 Å². The maximum absolute atomic E-state index is 13.1. The summed E-state index contributed by atoms with van der Waals surface area (Å²) in [5, 5.41) is 10.6. The average molecular weight is 1450 g/mol. The minimum Gasteiger partial charge on any atom is -0.462 e. The van der Waals surface area contributed by atoms with Gasteiger partial charge in [0.1, 0.15) is 19.3 Å². The average Bonchev–Trinajstić information content (AvgIpc) is 1.01. The minimum absolute atomic E-state index is 0.105. The van der Waals surface area contributed by atoms with Crippen LogP contribution in [0, 0.1) is 17.8 Å². The van der Waals surface area contributed by atoms with Crippen molar-refractivity contribution in [3.63, 3.8) is 0 Å². The van der Waals surface area contributed by atoms with Crippen molar-refractivity contribution in [1.82, 2.24) is 0 Å². The van der Waals surface area contributed by atoms with Crippen molar-refractivity contribution in [3.05, 3.63) is 0 Å². The summed E-state index contributed by atoms with van der Waals surface area (Å²) in [5.74, 6) is 0.118. The van der Waals surface area contributed by atoms with Crippen LogP contribution in [0.1, 0.15) is 414 Å². The summed E-state index contributed by atoms with van der Waals surface area (Å²) in [6.45, 7) is 11.9. The number of hydrogen-bond donors (Lipinski definition) is 3. The Morgan fingerprint density at radius 1 is 0.273 bits per heavy atom. The summed E-state index contributed by atoms with van der Waals surface area (Å²) in [5.41, 5.74) is 0. The Morgan fingerprint density at radius 3 is 0.687 bits per heavy atom. The molecule has 0 saturated carbocycles. The summed E-state index contributed by atoms with van der Waals surface area (Å²) in [4.78, 5) is 72.9. The fraction of sp³-hybridized carbons (Fsp3) is 0.950. The molecule has 588 valence electrons. The van der Waals surface area contributed by atoms with Gasteiger partial charge in [0, 0.05) is 25.7 Å². The van der Waals surface area contributed by atoms with Gasteiger partial charge in [0.05, 0.1) is 26.4 Å². The van der Waals surface area contributed by atoms with Gasteiger partial charge >= 0.3 is 39.5 Å². The zero-order valence-electron chi connectivity index (χ0n) is 65.0. The fourth-order valence-corrected chi connectivity index (χ4v) is 13.9. The first-order valence-corrected chi connectivity index (χ1v) is 44.3. The third-order valence-electron chi connectivity index (χ3n) is 18.6. The predicted molar refractivity (Wildman–Crippen MR) is 405 cm³/mol. The van der Waals surface area contributed by atoms with E-state index in [-0.39, 0.29) is 25.7 Å². The molecule has 0 aliphatic heterocycles. The normalized spacial score (nSPS) is 14.0. The van der Waals surface area contributed by atoms with E-state index in [1.165, 1.54) is 225 Å². The molecule has 0 spiro atoms. The van der Waals surface area contributed by atoms with Crippen LogP contribution in [0.5, 0.6) is 0 Å². The highest BCUT2D eigenvalue weighted by Crippen LogP contribution is 2.45. The van der Waals surface area contributed by atoms with Gasteiger partial charge < -0.3 is 33.8 Å². The van der Waals surface area contributed by atoms with Crippen LogP contribution >= 0.6 is 15.6 Å². The monoisotopic (exact) mass is 1450 g/mol. The van der Waals surface area contributed by atoms with Crippen molar-refractivity contribution in [1.29, 1.82) is 0 Å². The Hall–Kier alpha value is -1.94. The largest absolute Gasteiger partial charge is 0.472 e. The first-order chi connectivity index (χ1) is 47.7. The second kappa shape index (κ2) is 70.4. The lowest BCUT2D eigenvalue weighted by Gasteiger charge is -2.21. The van der Waals surface area contributed by atoms with Crippen molar-refractivity contribution < 1.29 is 80.2 Å². The Balaban J connectivity index is 5.21. The van der Waals surface area contributed by atoms with Gasteiger partial charge in [0.2, 0.25) is 0 Å². The highest BCUT2D eigenvalue weighted by atomic mass is 31.2. The van der Waals surface area contributed by atoms with E-state index < -0.39 is 97.5 Å². The van der Waals surface area contributed by atoms with E-state index in [2.05, 4.69) is 48.5 Å². The molecule has 0 aromatic heterocycles. The molecule has 17 nitrogen and oxygen atoms in total. The SMILES string of the molecule is CCCCCCCCCCCCCCCCCCCCCCCCC(=O)O[C@H](COC(=O)CCCCCCCCCCCCCC(C)C)COP(=O)(O)OC[C@@H](O)COP(=O)(O)OC[C@@H](COC(=O)CCCCCCCCCCC(C)C)OC(=O)CCCCCCCCCCCC(C)C. The van der Waals surface area contributed by atoms with Gasteiger partial charge in [-0.3, -0.25) is 37.3 Å². The zero-order valence-corrected chi connectivity index (χ0v) is 66.8. The summed E-state index contributed by atoms with van der Waals surface area (Å²) < 4.78 is 68.6. The maximum atomic E-state index is 13.1. The van der Waals surface area contributed by atoms with Gasteiger partial charge in [0.25, 0.3) is 0 Å². The summed E-state index contributed by atoms with van der Waals surface area (Å²) >= 11 is 0. The molecule has 0 aliphatic rings. The van der Waals surface area contributed by atoms with Gasteiger partial charge in [-0.15, -0.1) is 0 Å². The van der Waals surface area contributed by atoms with Crippen molar-refractivity contribution in [2.24, 2.45) is 17.8 Å². The smallest absolute Gasteiger partial charge is 0.462 e. The Bertz CT molecular complexity index is 1920. The molecule has 0 aromatic carbocycles. The zero-order chi connectivity index (χ0) is 73.0. The van der Waals surface area contributed by atoms with Gasteiger partial charge in [-0.25, -0.2) is 9.13 Å². The van der Waals surface area contributed by atoms with Crippen molar-refractivity contribution in [2.75, 3.05) is 39.6 Å². The first kappa shape index (κ1) is 97.1. The Labute approximate surface area is 607 Å². The molecule has 99 heavy (non-hydrogen) atoms. The number of unbranched alkanes of at least 4 members (excludes halogenated alkanes) is 46. The van der Waals surface area contributed by atoms with Crippen LogP contribution in [0.15, 0.2) is 0 Å². The van der Waals surface area contributed by atoms with Crippen LogP contribution in [0.25, 0.3) is 0 Å². The van der Waals surface area contributed by atoms with Crippen LogP contribution < -0.4 is 0 Å². The van der Waals surface area contributed by atoms with Crippen LogP contribution in [-0.4, -0.2) is 96.7 Å². The van der Waals surface area contributed by atoms with Crippen LogP contribution in [0.3, 0.4) is 0 Å². The molecule has 0 fully saturated rings. The molecule has 2 unspecified atom stereocenters. The Kier molecular flexibility index (Phi) is 69.0. The number of aliphatic hydroxyl groups excluding tert-OH is 1. The third kappa shape index (κ3) is 74.1. The first-order valence-electron chi connectivity index (χ1n) is 41.3. The molecular formula is C80H156O17P2. The molecule has 0 aliphatic carbocycles. The number of carbonyl (C=O) groups is 4. The molecule has 0 heterocycles. The number of hydrogen-bond acceptors (Lipinski definition) is 15. The lowest BCUT2D eigenvalue weighted by molar-refractivity contribution is -0.161. The number of phosphoric acid groups is 2. The van der Waals surface area contributed by atoms with E-state index in [0.717, 1.165) is 108 Å². The van der Waals surface area contributed by atoms with Gasteiger partial charge in [-0.05, 0) is 43.4 Å². The molecule has 0 bridgehead atoms. The molecule has 0 aromatic rings. The quantitative estimate of drug-likeness (QED) is 0.0222. The van der Waals surface area contributed by atoms with E-state index in [0.29, 0.717) is 25.7 Å². The van der Waals surface area contributed by atoms with Gasteiger partial charge in [-0.2, -0.15) is 0 Å². The molecule has 19 heteroatoms. The summed E-state index contributed by atoms with van der Waals surface area (Å²) in [7, 11) is -9.92. The third-order valence-corrected chi connectivity index (χ3v) is 20.5. The molecule has 0 saturated heterocycles. The maximum Gasteiger partial charge on any atom is 0.472 e. The van der Waals surface area contributed by atoms with Crippen molar-refractivity contribution in [3.8, 4) is 0 Å². The highest BCUT2D eigenvalue weighted by molar-refractivity contribution is 7.47. The lowest BCUT2D eigenvalue weighted by atomic mass is 10.0.